The second-order valence-corrected chi connectivity index (χ2v) is 3.42. The molecule has 1 aromatic heterocycles. The van der Waals surface area contributed by atoms with E-state index in [0.29, 0.717) is 5.69 Å². The van der Waals surface area contributed by atoms with Crippen molar-refractivity contribution in [2.24, 2.45) is 5.73 Å². The lowest BCUT2D eigenvalue weighted by atomic mass is 9.98. The van der Waals surface area contributed by atoms with Crippen molar-refractivity contribution in [1.82, 2.24) is 10.3 Å². The molecule has 0 unspecified atom stereocenters. The van der Waals surface area contributed by atoms with Gasteiger partial charge in [0.15, 0.2) is 0 Å². The number of hydrogen-bond donors (Lipinski definition) is 3. The van der Waals surface area contributed by atoms with Gasteiger partial charge in [0, 0.05) is 12.2 Å². The molecular formula is C10H14N4. The number of nitrogens with zero attached hydrogens (tertiary/aromatic N) is 1. The van der Waals surface area contributed by atoms with Crippen LogP contribution in [0.2, 0.25) is 0 Å². The number of aromatic nitrogens is 1. The maximum Gasteiger partial charge on any atom is 0.0870 e. The van der Waals surface area contributed by atoms with E-state index in [4.69, 9.17) is 11.5 Å². The zero-order chi connectivity index (χ0) is 9.97. The summed E-state index contributed by atoms with van der Waals surface area (Å²) in [7, 11) is 0. The summed E-state index contributed by atoms with van der Waals surface area (Å²) in [5, 5.41) is 3.18. The quantitative estimate of drug-likeness (QED) is 0.604. The highest BCUT2D eigenvalue weighted by Crippen LogP contribution is 2.23. The smallest absolute Gasteiger partial charge is 0.0870 e. The van der Waals surface area contributed by atoms with Crippen LogP contribution in [0.3, 0.4) is 0 Å². The number of hydrogen-bond acceptors (Lipinski definition) is 4. The van der Waals surface area contributed by atoms with Crippen LogP contribution >= 0.6 is 0 Å². The fourth-order valence-electron chi connectivity index (χ4n) is 1.63. The standard InChI is InChI=1S/C10H14N4/c11-7-3-1-5-13-9(7)10-8(12)4-2-6-14-10/h1-3,5-6,8,10,14H,4,11-12H2/t8-,10+/m0/s1. The van der Waals surface area contributed by atoms with Gasteiger partial charge in [-0.3, -0.25) is 4.98 Å². The number of nitrogen functional groups attached to an aromatic ring is 1. The maximum absolute atomic E-state index is 5.97. The first kappa shape index (κ1) is 9.02. The summed E-state index contributed by atoms with van der Waals surface area (Å²) in [6.07, 6.45) is 6.51. The number of nitrogens with two attached hydrogens (primary N) is 2. The van der Waals surface area contributed by atoms with Crippen LogP contribution < -0.4 is 16.8 Å². The van der Waals surface area contributed by atoms with E-state index in [2.05, 4.69) is 10.3 Å². The van der Waals surface area contributed by atoms with Crippen molar-refractivity contribution in [1.29, 1.82) is 0 Å². The summed E-state index contributed by atoms with van der Waals surface area (Å²) in [6.45, 7) is 0. The predicted molar refractivity (Wildman–Crippen MR) is 56.3 cm³/mol. The van der Waals surface area contributed by atoms with Gasteiger partial charge in [-0.15, -0.1) is 0 Å². The topological polar surface area (TPSA) is 77.0 Å². The molecule has 0 bridgehead atoms. The van der Waals surface area contributed by atoms with Crippen molar-refractivity contribution >= 4 is 5.69 Å². The Balaban J connectivity index is 2.30. The van der Waals surface area contributed by atoms with Crippen LogP contribution in [0.1, 0.15) is 18.2 Å². The van der Waals surface area contributed by atoms with Crippen LogP contribution in [0, 0.1) is 0 Å². The highest BCUT2D eigenvalue weighted by atomic mass is 15.0. The molecule has 0 amide bonds. The average Bonchev–Trinajstić information content (AvgIpc) is 2.20. The molecule has 4 nitrogen and oxygen atoms in total. The first-order chi connectivity index (χ1) is 6.79. The Bertz CT molecular complexity index is 348. The van der Waals surface area contributed by atoms with Gasteiger partial charge in [0.05, 0.1) is 17.4 Å². The third-order valence-electron chi connectivity index (χ3n) is 2.40. The molecule has 74 valence electrons. The molecule has 0 saturated heterocycles. The van der Waals surface area contributed by atoms with Gasteiger partial charge in [-0.25, -0.2) is 0 Å². The van der Waals surface area contributed by atoms with Crippen molar-refractivity contribution in [3.8, 4) is 0 Å². The lowest BCUT2D eigenvalue weighted by Gasteiger charge is -2.27. The highest BCUT2D eigenvalue weighted by Gasteiger charge is 2.22. The molecule has 2 atom stereocenters. The monoisotopic (exact) mass is 190 g/mol. The van der Waals surface area contributed by atoms with Crippen LogP contribution in [-0.4, -0.2) is 11.0 Å². The van der Waals surface area contributed by atoms with E-state index >= 15 is 0 Å². The number of rotatable bonds is 1. The van der Waals surface area contributed by atoms with Gasteiger partial charge in [0.1, 0.15) is 0 Å². The van der Waals surface area contributed by atoms with E-state index in [0.717, 1.165) is 12.1 Å². The van der Waals surface area contributed by atoms with Gasteiger partial charge in [0.25, 0.3) is 0 Å². The average molecular weight is 190 g/mol. The molecule has 2 rings (SSSR count). The predicted octanol–water partition coefficient (Wildman–Crippen LogP) is 0.539. The van der Waals surface area contributed by atoms with Gasteiger partial charge in [-0.2, -0.15) is 0 Å². The van der Waals surface area contributed by atoms with E-state index in [1.807, 2.05) is 24.4 Å². The number of pyridine rings is 1. The minimum absolute atomic E-state index is 0.0289. The summed E-state index contributed by atoms with van der Waals surface area (Å²) < 4.78 is 0. The molecule has 0 radical (unpaired) electrons. The normalized spacial score (nSPS) is 25.8. The molecule has 0 spiro atoms. The van der Waals surface area contributed by atoms with Crippen LogP contribution in [0.4, 0.5) is 5.69 Å². The SMILES string of the molecule is Nc1cccnc1[C@@H]1NC=CC[C@@H]1N. The molecule has 1 aliphatic rings. The summed E-state index contributed by atoms with van der Waals surface area (Å²) in [4.78, 5) is 4.25. The van der Waals surface area contributed by atoms with E-state index < -0.39 is 0 Å². The van der Waals surface area contributed by atoms with Crippen molar-refractivity contribution in [2.45, 2.75) is 18.5 Å². The molecule has 4 heteroatoms. The second-order valence-electron chi connectivity index (χ2n) is 3.42. The van der Waals surface area contributed by atoms with Gasteiger partial charge in [0.2, 0.25) is 0 Å². The Morgan fingerprint density at radius 3 is 3.07 bits per heavy atom. The van der Waals surface area contributed by atoms with Gasteiger partial charge >= 0.3 is 0 Å². The summed E-state index contributed by atoms with van der Waals surface area (Å²) in [5.74, 6) is 0. The molecule has 14 heavy (non-hydrogen) atoms. The Morgan fingerprint density at radius 2 is 2.36 bits per heavy atom. The Kier molecular flexibility index (Phi) is 2.37. The summed E-state index contributed by atoms with van der Waals surface area (Å²) in [6, 6.07) is 3.73. The fourth-order valence-corrected chi connectivity index (χ4v) is 1.63. The Hall–Kier alpha value is -1.55. The molecule has 2 heterocycles. The van der Waals surface area contributed by atoms with Crippen LogP contribution in [0.5, 0.6) is 0 Å². The molecule has 0 fully saturated rings. The largest absolute Gasteiger partial charge is 0.397 e. The molecule has 1 aliphatic heterocycles. The zero-order valence-electron chi connectivity index (χ0n) is 7.85. The van der Waals surface area contributed by atoms with Gasteiger partial charge < -0.3 is 16.8 Å². The maximum atomic E-state index is 5.97. The minimum Gasteiger partial charge on any atom is -0.397 e. The molecule has 1 aromatic rings. The molecule has 0 aromatic carbocycles. The summed E-state index contributed by atoms with van der Waals surface area (Å²) in [5.41, 5.74) is 13.3. The molecule has 0 aliphatic carbocycles. The molecule has 0 saturated carbocycles. The lowest BCUT2D eigenvalue weighted by Crippen LogP contribution is -2.38. The number of nitrogens with one attached hydrogen (secondary N) is 1. The zero-order valence-corrected chi connectivity index (χ0v) is 7.85. The minimum atomic E-state index is 0.0289. The summed E-state index contributed by atoms with van der Waals surface area (Å²) >= 11 is 0. The molecule has 5 N–H and O–H groups in total. The van der Waals surface area contributed by atoms with E-state index in [1.165, 1.54) is 0 Å². The van der Waals surface area contributed by atoms with Crippen molar-refractivity contribution in [3.05, 3.63) is 36.3 Å². The first-order valence-electron chi connectivity index (χ1n) is 4.66. The third-order valence-corrected chi connectivity index (χ3v) is 2.40. The highest BCUT2D eigenvalue weighted by molar-refractivity contribution is 5.44. The van der Waals surface area contributed by atoms with Crippen LogP contribution in [0.25, 0.3) is 0 Å². The van der Waals surface area contributed by atoms with E-state index in [-0.39, 0.29) is 12.1 Å². The second kappa shape index (κ2) is 3.67. The fraction of sp³-hybridized carbons (Fsp3) is 0.300. The van der Waals surface area contributed by atoms with Crippen LogP contribution in [0.15, 0.2) is 30.6 Å². The third kappa shape index (κ3) is 1.56. The number of anilines is 1. The van der Waals surface area contributed by atoms with E-state index in [9.17, 15) is 0 Å². The van der Waals surface area contributed by atoms with Crippen LogP contribution in [-0.2, 0) is 0 Å². The van der Waals surface area contributed by atoms with Crippen molar-refractivity contribution < 1.29 is 0 Å². The lowest BCUT2D eigenvalue weighted by molar-refractivity contribution is 0.465. The Labute approximate surface area is 83.0 Å². The van der Waals surface area contributed by atoms with Gasteiger partial charge in [-0.05, 0) is 24.8 Å². The first-order valence-corrected chi connectivity index (χ1v) is 4.66. The Morgan fingerprint density at radius 1 is 1.50 bits per heavy atom. The van der Waals surface area contributed by atoms with Crippen molar-refractivity contribution in [3.63, 3.8) is 0 Å². The van der Waals surface area contributed by atoms with Crippen molar-refractivity contribution in [2.75, 3.05) is 5.73 Å². The van der Waals surface area contributed by atoms with Gasteiger partial charge in [-0.1, -0.05) is 6.08 Å². The van der Waals surface area contributed by atoms with E-state index in [1.54, 1.807) is 6.20 Å². The molecular weight excluding hydrogens is 176 g/mol.